The maximum atomic E-state index is 6.27. The van der Waals surface area contributed by atoms with Crippen LogP contribution in [-0.2, 0) is 12.8 Å². The Bertz CT molecular complexity index is 832. The molecule has 1 heteroatoms. The van der Waals surface area contributed by atoms with Crippen molar-refractivity contribution in [3.63, 3.8) is 0 Å². The van der Waals surface area contributed by atoms with Gasteiger partial charge < -0.3 is 4.74 Å². The molecule has 0 saturated heterocycles. The van der Waals surface area contributed by atoms with E-state index in [0.717, 1.165) is 25.0 Å². The Balaban J connectivity index is 2.08. The van der Waals surface area contributed by atoms with E-state index in [9.17, 15) is 0 Å². The molecule has 5 rings (SSSR count). The van der Waals surface area contributed by atoms with E-state index in [-0.39, 0.29) is 0 Å². The molecule has 4 bridgehead atoms. The highest BCUT2D eigenvalue weighted by Gasteiger charge is 2.26. The monoisotopic (exact) mass is 246 g/mol. The number of rotatable bonds is 0. The van der Waals surface area contributed by atoms with E-state index in [2.05, 4.69) is 42.5 Å². The van der Waals surface area contributed by atoms with Crippen LogP contribution in [0.2, 0.25) is 0 Å². The molecule has 0 amide bonds. The van der Waals surface area contributed by atoms with Gasteiger partial charge in [0.05, 0.1) is 0 Å². The minimum atomic E-state index is 0.362. The normalized spacial score (nSPS) is 19.9. The molecular formula is C18H14O. The average Bonchev–Trinajstić information content (AvgIpc) is 2.64. The molecule has 3 aromatic carbocycles. The van der Waals surface area contributed by atoms with Crippen molar-refractivity contribution in [3.8, 4) is 5.75 Å². The summed E-state index contributed by atoms with van der Waals surface area (Å²) in [5.74, 6) is 1.07. The first-order valence-electron chi connectivity index (χ1n) is 7.03. The topological polar surface area (TPSA) is 9.23 Å². The molecule has 2 aliphatic rings. The number of aryl methyl sites for hydroxylation is 1. The smallest absolute Gasteiger partial charge is 0.128 e. The first-order chi connectivity index (χ1) is 9.40. The van der Waals surface area contributed by atoms with Gasteiger partial charge in [-0.1, -0.05) is 36.4 Å². The molecule has 1 aliphatic carbocycles. The van der Waals surface area contributed by atoms with Crippen molar-refractivity contribution in [1.29, 1.82) is 0 Å². The highest BCUT2D eigenvalue weighted by atomic mass is 16.5. The molecule has 1 nitrogen and oxygen atoms in total. The number of hydrogen-bond donors (Lipinski definition) is 0. The van der Waals surface area contributed by atoms with Crippen LogP contribution in [0, 0.1) is 0 Å². The Morgan fingerprint density at radius 1 is 0.895 bits per heavy atom. The zero-order valence-electron chi connectivity index (χ0n) is 10.6. The Kier molecular flexibility index (Phi) is 1.71. The zero-order chi connectivity index (χ0) is 12.4. The van der Waals surface area contributed by atoms with E-state index in [0.29, 0.717) is 6.10 Å². The molecule has 1 heterocycles. The number of fused-ring (bicyclic) bond motifs is 5. The van der Waals surface area contributed by atoms with E-state index in [4.69, 9.17) is 4.74 Å². The van der Waals surface area contributed by atoms with E-state index >= 15 is 0 Å². The van der Waals surface area contributed by atoms with Crippen molar-refractivity contribution < 1.29 is 4.74 Å². The molecule has 0 N–H and O–H groups in total. The third-order valence-electron chi connectivity index (χ3n) is 4.67. The zero-order valence-corrected chi connectivity index (χ0v) is 10.6. The second-order valence-electron chi connectivity index (χ2n) is 5.70. The molecular weight excluding hydrogens is 232 g/mol. The van der Waals surface area contributed by atoms with Crippen LogP contribution in [0.4, 0.5) is 0 Å². The molecule has 0 fully saturated rings. The molecule has 0 aromatic heterocycles. The van der Waals surface area contributed by atoms with Crippen LogP contribution in [0.1, 0.15) is 17.5 Å². The summed E-state index contributed by atoms with van der Waals surface area (Å²) in [5, 5.41) is 5.37. The lowest BCUT2D eigenvalue weighted by atomic mass is 9.86. The summed E-state index contributed by atoms with van der Waals surface area (Å²) in [6, 6.07) is 15.5. The lowest BCUT2D eigenvalue weighted by molar-refractivity contribution is 0.190. The lowest BCUT2D eigenvalue weighted by Gasteiger charge is -2.23. The van der Waals surface area contributed by atoms with Gasteiger partial charge in [0.15, 0.2) is 0 Å². The fourth-order valence-corrected chi connectivity index (χ4v) is 3.75. The molecule has 1 unspecified atom stereocenters. The van der Waals surface area contributed by atoms with Gasteiger partial charge >= 0.3 is 0 Å². The van der Waals surface area contributed by atoms with E-state index < -0.39 is 0 Å². The van der Waals surface area contributed by atoms with Crippen LogP contribution in [-0.4, -0.2) is 6.10 Å². The Hall–Kier alpha value is -2.02. The Labute approximate surface area is 111 Å². The molecule has 3 aromatic rings. The molecule has 19 heavy (non-hydrogen) atoms. The highest BCUT2D eigenvalue weighted by Crippen LogP contribution is 2.41. The van der Waals surface area contributed by atoms with Crippen LogP contribution in [0.3, 0.4) is 0 Å². The predicted molar refractivity (Wildman–Crippen MR) is 77.9 cm³/mol. The molecule has 1 aliphatic heterocycles. The van der Waals surface area contributed by atoms with Crippen LogP contribution < -0.4 is 4.74 Å². The number of hydrogen-bond acceptors (Lipinski definition) is 1. The quantitative estimate of drug-likeness (QED) is 0.539. The number of ether oxygens (including phenoxy) is 1. The molecule has 0 saturated carbocycles. The standard InChI is InChI=1S/C18H14O/c1-2-4-15-13(3-1)14-8-6-11-5-7-12-9-16(11)17(14)10-18(15)19-12/h1-4,6,8,10,12H,5,7,9H2. The number of benzene rings is 3. The van der Waals surface area contributed by atoms with Gasteiger partial charge in [0.2, 0.25) is 0 Å². The van der Waals surface area contributed by atoms with Gasteiger partial charge in [-0.25, -0.2) is 0 Å². The van der Waals surface area contributed by atoms with Gasteiger partial charge in [0.25, 0.3) is 0 Å². The minimum Gasteiger partial charge on any atom is -0.489 e. The summed E-state index contributed by atoms with van der Waals surface area (Å²) in [5.41, 5.74) is 3.05. The predicted octanol–water partition coefficient (Wildman–Crippen LogP) is 4.24. The summed E-state index contributed by atoms with van der Waals surface area (Å²) < 4.78 is 6.27. The second kappa shape index (κ2) is 3.30. The fraction of sp³-hybridized carbons (Fsp3) is 0.222. The maximum Gasteiger partial charge on any atom is 0.128 e. The minimum absolute atomic E-state index is 0.362. The highest BCUT2D eigenvalue weighted by molar-refractivity contribution is 6.11. The summed E-state index contributed by atoms with van der Waals surface area (Å²) >= 11 is 0. The summed E-state index contributed by atoms with van der Waals surface area (Å²) in [7, 11) is 0. The van der Waals surface area contributed by atoms with Crippen molar-refractivity contribution in [1.82, 2.24) is 0 Å². The summed E-state index contributed by atoms with van der Waals surface area (Å²) in [6.07, 6.45) is 3.74. The molecule has 0 radical (unpaired) electrons. The fourth-order valence-electron chi connectivity index (χ4n) is 3.75. The Morgan fingerprint density at radius 2 is 1.74 bits per heavy atom. The summed E-state index contributed by atoms with van der Waals surface area (Å²) in [6.45, 7) is 0. The van der Waals surface area contributed by atoms with Crippen molar-refractivity contribution in [2.75, 3.05) is 0 Å². The third kappa shape index (κ3) is 1.20. The van der Waals surface area contributed by atoms with E-state index in [1.54, 1.807) is 0 Å². The molecule has 92 valence electrons. The van der Waals surface area contributed by atoms with Gasteiger partial charge in [-0.3, -0.25) is 0 Å². The van der Waals surface area contributed by atoms with Crippen LogP contribution in [0.5, 0.6) is 5.75 Å². The SMILES string of the molecule is c1ccc2c(c1)c1cc3c4c(ccc32)CCC(C4)O1. The van der Waals surface area contributed by atoms with Gasteiger partial charge in [0, 0.05) is 11.8 Å². The maximum absolute atomic E-state index is 6.27. The van der Waals surface area contributed by atoms with Crippen LogP contribution >= 0.6 is 0 Å². The van der Waals surface area contributed by atoms with E-state index in [1.165, 1.54) is 32.7 Å². The average molecular weight is 246 g/mol. The van der Waals surface area contributed by atoms with Crippen molar-refractivity contribution in [2.24, 2.45) is 0 Å². The van der Waals surface area contributed by atoms with Gasteiger partial charge in [0.1, 0.15) is 11.9 Å². The largest absolute Gasteiger partial charge is 0.489 e. The van der Waals surface area contributed by atoms with Gasteiger partial charge in [-0.2, -0.15) is 0 Å². The second-order valence-corrected chi connectivity index (χ2v) is 5.70. The first-order valence-corrected chi connectivity index (χ1v) is 7.03. The van der Waals surface area contributed by atoms with Crippen molar-refractivity contribution in [2.45, 2.75) is 25.4 Å². The van der Waals surface area contributed by atoms with Crippen molar-refractivity contribution >= 4 is 21.5 Å². The molecule has 0 spiro atoms. The van der Waals surface area contributed by atoms with Gasteiger partial charge in [-0.15, -0.1) is 0 Å². The van der Waals surface area contributed by atoms with Crippen LogP contribution in [0.25, 0.3) is 21.5 Å². The first kappa shape index (κ1) is 9.85. The third-order valence-corrected chi connectivity index (χ3v) is 4.67. The van der Waals surface area contributed by atoms with Gasteiger partial charge in [-0.05, 0) is 46.2 Å². The van der Waals surface area contributed by atoms with E-state index in [1.807, 2.05) is 0 Å². The van der Waals surface area contributed by atoms with Crippen LogP contribution in [0.15, 0.2) is 42.5 Å². The van der Waals surface area contributed by atoms with Crippen molar-refractivity contribution in [3.05, 3.63) is 53.6 Å². The Morgan fingerprint density at radius 3 is 2.68 bits per heavy atom. The lowest BCUT2D eigenvalue weighted by Crippen LogP contribution is -2.23. The summed E-state index contributed by atoms with van der Waals surface area (Å²) in [4.78, 5) is 0. The molecule has 1 atom stereocenters.